The predicted octanol–water partition coefficient (Wildman–Crippen LogP) is 5.21. The minimum atomic E-state index is -4.60. The lowest BCUT2D eigenvalue weighted by Gasteiger charge is -2.39. The second-order valence-electron chi connectivity index (χ2n) is 13.8. The van der Waals surface area contributed by atoms with E-state index in [1.807, 2.05) is 19.0 Å². The molecular formula is C36H34BrF4N9O5. The Morgan fingerprint density at radius 3 is 2.51 bits per heavy atom. The van der Waals surface area contributed by atoms with Crippen LogP contribution in [0.15, 0.2) is 52.0 Å². The monoisotopic (exact) mass is 827 g/mol. The molecule has 3 aromatic heterocycles. The minimum absolute atomic E-state index is 0.00804. The number of aromatic hydroxyl groups is 1. The number of likely N-dealkylation sites (tertiary alicyclic amines) is 1. The second kappa shape index (κ2) is 14.1. The first-order valence-corrected chi connectivity index (χ1v) is 17.9. The standard InChI is InChI=1S/C36H34BrF4N9O5/c1-18-30(52)28(43-17-42-18)33(54)48-11-9-35(10-12-48)27-29(19(2)55-35)49(16-26(51)44-25-8-6-21(14-23(25)37)36(39,40)41)34-45-31(46-50(34)32(27)53)22-7-5-20(13-24(22)38)15-47(3)4/h5-8,13-14,17,19,52H,9-12,15-16H2,1-4H3,(H,44,51). The summed E-state index contributed by atoms with van der Waals surface area (Å²) in [5.74, 6) is -2.36. The third-order valence-corrected chi connectivity index (χ3v) is 10.4. The van der Waals surface area contributed by atoms with Crippen molar-refractivity contribution >= 4 is 39.2 Å². The molecule has 1 saturated heterocycles. The Bertz CT molecular complexity index is 2430. The van der Waals surface area contributed by atoms with Crippen LogP contribution in [0.5, 0.6) is 5.75 Å². The highest BCUT2D eigenvalue weighted by molar-refractivity contribution is 9.10. The lowest BCUT2D eigenvalue weighted by molar-refractivity contribution is -0.137. The molecule has 7 rings (SSSR count). The van der Waals surface area contributed by atoms with Gasteiger partial charge in [0.25, 0.3) is 11.5 Å². The summed E-state index contributed by atoms with van der Waals surface area (Å²) in [5, 5.41) is 17.5. The Morgan fingerprint density at radius 2 is 1.85 bits per heavy atom. The summed E-state index contributed by atoms with van der Waals surface area (Å²) in [7, 11) is 3.69. The van der Waals surface area contributed by atoms with Gasteiger partial charge in [-0.3, -0.25) is 14.4 Å². The summed E-state index contributed by atoms with van der Waals surface area (Å²) in [6, 6.07) is 7.38. The Morgan fingerprint density at radius 1 is 1.13 bits per heavy atom. The first kappa shape index (κ1) is 38.0. The fourth-order valence-corrected chi connectivity index (χ4v) is 7.67. The summed E-state index contributed by atoms with van der Waals surface area (Å²) < 4.78 is 64.4. The normalized spacial score (nSPS) is 16.6. The van der Waals surface area contributed by atoms with Crippen LogP contribution in [-0.4, -0.2) is 83.0 Å². The highest BCUT2D eigenvalue weighted by Crippen LogP contribution is 2.48. The topological polar surface area (TPSA) is 160 Å². The molecular weight excluding hydrogens is 794 g/mol. The molecule has 2 aliphatic heterocycles. The third kappa shape index (κ3) is 6.95. The Kier molecular flexibility index (Phi) is 9.75. The molecule has 2 N–H and O–H groups in total. The van der Waals surface area contributed by atoms with Crippen molar-refractivity contribution in [2.75, 3.05) is 32.5 Å². The van der Waals surface area contributed by atoms with E-state index >= 15 is 4.39 Å². The van der Waals surface area contributed by atoms with Crippen LogP contribution >= 0.6 is 15.9 Å². The molecule has 0 aliphatic carbocycles. The van der Waals surface area contributed by atoms with Gasteiger partial charge in [-0.2, -0.15) is 22.7 Å². The van der Waals surface area contributed by atoms with Gasteiger partial charge in [0, 0.05) is 24.1 Å². The van der Waals surface area contributed by atoms with Gasteiger partial charge in [-0.15, -0.1) is 5.10 Å². The number of aromatic nitrogens is 6. The van der Waals surface area contributed by atoms with Crippen LogP contribution < -0.4 is 10.9 Å². The van der Waals surface area contributed by atoms with Crippen LogP contribution in [0.1, 0.15) is 64.4 Å². The molecule has 1 unspecified atom stereocenters. The van der Waals surface area contributed by atoms with Gasteiger partial charge in [0.15, 0.2) is 17.3 Å². The van der Waals surface area contributed by atoms with Crippen molar-refractivity contribution in [1.29, 1.82) is 0 Å². The first-order chi connectivity index (χ1) is 26.0. The molecule has 0 saturated carbocycles. The van der Waals surface area contributed by atoms with Gasteiger partial charge in [-0.1, -0.05) is 6.07 Å². The number of piperidine rings is 1. The zero-order valence-electron chi connectivity index (χ0n) is 29.9. The number of carbonyl (C=O) groups excluding carboxylic acids is 2. The molecule has 2 amide bonds. The molecule has 2 aliphatic rings. The molecule has 5 aromatic rings. The molecule has 0 radical (unpaired) electrons. The number of halogens is 5. The fraction of sp³-hybridized carbons (Fsp3) is 0.361. The number of carbonyl (C=O) groups is 2. The van der Waals surface area contributed by atoms with E-state index in [-0.39, 0.29) is 76.0 Å². The number of nitrogens with one attached hydrogen (secondary N) is 1. The summed E-state index contributed by atoms with van der Waals surface area (Å²) >= 11 is 3.10. The molecule has 5 heterocycles. The van der Waals surface area contributed by atoms with Crippen LogP contribution in [0.4, 0.5) is 23.2 Å². The van der Waals surface area contributed by atoms with E-state index in [4.69, 9.17) is 4.74 Å². The van der Waals surface area contributed by atoms with Gasteiger partial charge in [0.05, 0.1) is 39.9 Å². The van der Waals surface area contributed by atoms with Gasteiger partial charge in [0.1, 0.15) is 24.3 Å². The summed E-state index contributed by atoms with van der Waals surface area (Å²) in [6.07, 6.45) is -3.90. The van der Waals surface area contributed by atoms with Crippen LogP contribution in [-0.2, 0) is 34.4 Å². The van der Waals surface area contributed by atoms with E-state index < -0.39 is 53.2 Å². The number of alkyl halides is 3. The van der Waals surface area contributed by atoms with Crippen molar-refractivity contribution in [3.63, 3.8) is 0 Å². The maximum Gasteiger partial charge on any atom is 0.416 e. The van der Waals surface area contributed by atoms with Crippen molar-refractivity contribution in [3.05, 3.63) is 97.1 Å². The molecule has 288 valence electrons. The lowest BCUT2D eigenvalue weighted by Crippen LogP contribution is -2.47. The van der Waals surface area contributed by atoms with E-state index in [0.717, 1.165) is 22.7 Å². The number of anilines is 1. The number of aryl methyl sites for hydroxylation is 1. The molecule has 55 heavy (non-hydrogen) atoms. The summed E-state index contributed by atoms with van der Waals surface area (Å²) in [4.78, 5) is 57.4. The molecule has 1 atom stereocenters. The van der Waals surface area contributed by atoms with Gasteiger partial charge in [-0.05, 0) is 92.6 Å². The van der Waals surface area contributed by atoms with Gasteiger partial charge in [0.2, 0.25) is 11.7 Å². The van der Waals surface area contributed by atoms with Crippen LogP contribution in [0, 0.1) is 12.7 Å². The second-order valence-corrected chi connectivity index (χ2v) is 14.6. The first-order valence-electron chi connectivity index (χ1n) is 17.1. The van der Waals surface area contributed by atoms with Gasteiger partial charge >= 0.3 is 6.18 Å². The van der Waals surface area contributed by atoms with Crippen molar-refractivity contribution in [2.24, 2.45) is 0 Å². The Labute approximate surface area is 318 Å². The van der Waals surface area contributed by atoms with Crippen molar-refractivity contribution < 1.29 is 37.0 Å². The van der Waals surface area contributed by atoms with Gasteiger partial charge in [-0.25, -0.2) is 14.4 Å². The van der Waals surface area contributed by atoms with E-state index in [1.165, 1.54) is 27.9 Å². The molecule has 14 nitrogen and oxygen atoms in total. The Hall–Kier alpha value is -5.27. The zero-order valence-corrected chi connectivity index (χ0v) is 31.5. The highest BCUT2D eigenvalue weighted by Gasteiger charge is 2.51. The highest BCUT2D eigenvalue weighted by atomic mass is 79.9. The average molecular weight is 829 g/mol. The van der Waals surface area contributed by atoms with Crippen molar-refractivity contribution in [3.8, 4) is 17.1 Å². The van der Waals surface area contributed by atoms with Gasteiger partial charge < -0.3 is 29.5 Å². The van der Waals surface area contributed by atoms with Crippen LogP contribution in [0.3, 0.4) is 0 Å². The van der Waals surface area contributed by atoms with Crippen molar-refractivity contribution in [1.82, 2.24) is 38.9 Å². The quantitative estimate of drug-likeness (QED) is 0.209. The summed E-state index contributed by atoms with van der Waals surface area (Å²) in [6.45, 7) is 3.45. The summed E-state index contributed by atoms with van der Waals surface area (Å²) in [5.41, 5.74) is -1.40. The number of amides is 2. The smallest absolute Gasteiger partial charge is 0.416 e. The molecule has 1 fully saturated rings. The van der Waals surface area contributed by atoms with E-state index in [9.17, 15) is 32.7 Å². The predicted molar refractivity (Wildman–Crippen MR) is 193 cm³/mol. The van der Waals surface area contributed by atoms with Crippen LogP contribution in [0.25, 0.3) is 17.2 Å². The number of hydrogen-bond acceptors (Lipinski definition) is 10. The number of rotatable bonds is 7. The average Bonchev–Trinajstić information content (AvgIpc) is 3.68. The SMILES string of the molecule is Cc1ncnc(C(=O)N2CCC3(CC2)OC(C)c2c3c(=O)n3nc(-c4ccc(CN(C)C)cc4F)nc3n2CC(=O)Nc2ccc(C(F)(F)F)cc2Br)c1O. The van der Waals surface area contributed by atoms with E-state index in [2.05, 4.69) is 41.3 Å². The molecule has 0 bridgehead atoms. The number of fused-ring (bicyclic) bond motifs is 3. The largest absolute Gasteiger partial charge is 0.504 e. The molecule has 1 spiro atoms. The molecule has 2 aromatic carbocycles. The number of benzene rings is 2. The Balaban J connectivity index is 1.29. The maximum absolute atomic E-state index is 15.6. The number of ether oxygens (including phenoxy) is 1. The molecule has 19 heteroatoms. The minimum Gasteiger partial charge on any atom is -0.504 e. The van der Waals surface area contributed by atoms with E-state index in [0.29, 0.717) is 17.8 Å². The number of hydrogen-bond donors (Lipinski definition) is 2. The van der Waals surface area contributed by atoms with Crippen molar-refractivity contribution in [2.45, 2.75) is 57.7 Å². The number of nitrogens with zero attached hydrogens (tertiary/aromatic N) is 8. The van der Waals surface area contributed by atoms with E-state index in [1.54, 1.807) is 19.9 Å². The van der Waals surface area contributed by atoms with Crippen LogP contribution in [0.2, 0.25) is 0 Å². The third-order valence-electron chi connectivity index (χ3n) is 9.74. The lowest BCUT2D eigenvalue weighted by atomic mass is 9.85. The zero-order chi connectivity index (χ0) is 39.6. The maximum atomic E-state index is 15.6. The fourth-order valence-electron chi connectivity index (χ4n) is 7.19.